The highest BCUT2D eigenvalue weighted by atomic mass is 16.6. The normalized spacial score (nSPS) is 15.3. The van der Waals surface area contributed by atoms with Gasteiger partial charge in [0.15, 0.2) is 0 Å². The van der Waals surface area contributed by atoms with Gasteiger partial charge in [-0.05, 0) is 19.9 Å². The Balaban J connectivity index is 2.00. The van der Waals surface area contributed by atoms with E-state index < -0.39 is 23.5 Å². The summed E-state index contributed by atoms with van der Waals surface area (Å²) in [7, 11) is 2.01. The molecule has 31 heavy (non-hydrogen) atoms. The van der Waals surface area contributed by atoms with Crippen molar-refractivity contribution >= 4 is 17.9 Å². The van der Waals surface area contributed by atoms with Gasteiger partial charge < -0.3 is 19.5 Å². The number of nitrogens with zero attached hydrogens (tertiary/aromatic N) is 1. The van der Waals surface area contributed by atoms with E-state index in [1.54, 1.807) is 60.7 Å². The predicted octanol–water partition coefficient (Wildman–Crippen LogP) is 2.98. The quantitative estimate of drug-likeness (QED) is 0.650. The molecule has 0 bridgehead atoms. The van der Waals surface area contributed by atoms with Crippen LogP contribution < -0.4 is 0 Å². The standard InChI is InChI=1S/C24H27NO6/c1-25-16-14-20(15-17-25)30-23(29)24(18-8-4-2-5-9-18,19-10-6-3-7-11-19)31-22(28)13-12-21(26)27/h2-11,20H,12-17H2,1H3,(H,26,27). The van der Waals surface area contributed by atoms with Crippen molar-refractivity contribution in [2.45, 2.75) is 37.4 Å². The number of ether oxygens (including phenoxy) is 2. The van der Waals surface area contributed by atoms with E-state index in [2.05, 4.69) is 4.90 Å². The number of carboxylic acids is 1. The maximum absolute atomic E-state index is 13.7. The zero-order chi connectivity index (χ0) is 22.3. The third-order valence-electron chi connectivity index (χ3n) is 5.40. The summed E-state index contributed by atoms with van der Waals surface area (Å²) in [4.78, 5) is 39.4. The van der Waals surface area contributed by atoms with Gasteiger partial charge in [-0.25, -0.2) is 4.79 Å². The monoisotopic (exact) mass is 425 g/mol. The molecule has 1 N–H and O–H groups in total. The Morgan fingerprint density at radius 1 is 0.935 bits per heavy atom. The maximum Gasteiger partial charge on any atom is 0.360 e. The molecule has 7 nitrogen and oxygen atoms in total. The number of piperidine rings is 1. The van der Waals surface area contributed by atoms with E-state index in [-0.39, 0.29) is 18.9 Å². The summed E-state index contributed by atoms with van der Waals surface area (Å²) in [6.45, 7) is 1.61. The number of hydrogen-bond donors (Lipinski definition) is 1. The zero-order valence-corrected chi connectivity index (χ0v) is 17.5. The maximum atomic E-state index is 13.7. The summed E-state index contributed by atoms with van der Waals surface area (Å²) in [5, 5.41) is 8.94. The molecule has 2 aromatic rings. The Morgan fingerprint density at radius 2 is 1.45 bits per heavy atom. The fraction of sp³-hybridized carbons (Fsp3) is 0.375. The van der Waals surface area contributed by atoms with Gasteiger partial charge in [0.25, 0.3) is 5.60 Å². The van der Waals surface area contributed by atoms with Gasteiger partial charge in [0.1, 0.15) is 6.10 Å². The van der Waals surface area contributed by atoms with E-state index in [1.807, 2.05) is 7.05 Å². The van der Waals surface area contributed by atoms with Crippen LogP contribution in [0.25, 0.3) is 0 Å². The molecule has 0 atom stereocenters. The van der Waals surface area contributed by atoms with Gasteiger partial charge in [0.2, 0.25) is 0 Å². The molecular weight excluding hydrogens is 398 g/mol. The minimum absolute atomic E-state index is 0.284. The highest BCUT2D eigenvalue weighted by Crippen LogP contribution is 2.37. The van der Waals surface area contributed by atoms with Crippen LogP contribution in [-0.4, -0.2) is 54.2 Å². The van der Waals surface area contributed by atoms with E-state index in [1.165, 1.54) is 0 Å². The van der Waals surface area contributed by atoms with Crippen LogP contribution in [-0.2, 0) is 29.5 Å². The second-order valence-electron chi connectivity index (χ2n) is 7.69. The van der Waals surface area contributed by atoms with Gasteiger partial charge in [-0.15, -0.1) is 0 Å². The van der Waals surface area contributed by atoms with Crippen molar-refractivity contribution in [2.75, 3.05) is 20.1 Å². The van der Waals surface area contributed by atoms with Crippen molar-refractivity contribution in [3.63, 3.8) is 0 Å². The molecule has 3 rings (SSSR count). The van der Waals surface area contributed by atoms with Gasteiger partial charge in [0.05, 0.1) is 12.8 Å². The molecule has 164 valence electrons. The Labute approximate surface area is 181 Å². The summed E-state index contributed by atoms with van der Waals surface area (Å²) in [6, 6.07) is 17.4. The van der Waals surface area contributed by atoms with Crippen LogP contribution in [0.5, 0.6) is 0 Å². The summed E-state index contributed by atoms with van der Waals surface area (Å²) in [5.41, 5.74) is -0.924. The molecule has 1 aliphatic rings. The lowest BCUT2D eigenvalue weighted by atomic mass is 9.85. The number of likely N-dealkylation sites (tertiary alicyclic amines) is 1. The molecule has 0 spiro atoms. The first-order valence-electron chi connectivity index (χ1n) is 10.4. The summed E-state index contributed by atoms with van der Waals surface area (Å²) in [5.74, 6) is -2.57. The van der Waals surface area contributed by atoms with Crippen molar-refractivity contribution < 1.29 is 29.0 Å². The van der Waals surface area contributed by atoms with Crippen molar-refractivity contribution in [3.05, 3.63) is 71.8 Å². The molecule has 0 unspecified atom stereocenters. The van der Waals surface area contributed by atoms with Gasteiger partial charge in [0, 0.05) is 24.2 Å². The minimum Gasteiger partial charge on any atom is -0.481 e. The lowest BCUT2D eigenvalue weighted by Gasteiger charge is -2.35. The second kappa shape index (κ2) is 10.2. The van der Waals surface area contributed by atoms with Gasteiger partial charge in [-0.2, -0.15) is 0 Å². The third kappa shape index (κ3) is 5.49. The highest BCUT2D eigenvalue weighted by molar-refractivity contribution is 5.89. The van der Waals surface area contributed by atoms with Gasteiger partial charge >= 0.3 is 17.9 Å². The van der Waals surface area contributed by atoms with E-state index in [9.17, 15) is 14.4 Å². The molecule has 0 aliphatic carbocycles. The fourth-order valence-electron chi connectivity index (χ4n) is 3.68. The largest absolute Gasteiger partial charge is 0.481 e. The molecule has 0 saturated carbocycles. The number of aliphatic carboxylic acids is 1. The zero-order valence-electron chi connectivity index (χ0n) is 17.5. The first-order chi connectivity index (χ1) is 14.9. The molecule has 1 saturated heterocycles. The van der Waals surface area contributed by atoms with E-state index in [0.717, 1.165) is 13.1 Å². The minimum atomic E-state index is -1.82. The van der Waals surface area contributed by atoms with Crippen molar-refractivity contribution in [1.82, 2.24) is 4.90 Å². The van der Waals surface area contributed by atoms with Crippen molar-refractivity contribution in [2.24, 2.45) is 0 Å². The third-order valence-corrected chi connectivity index (χ3v) is 5.40. The lowest BCUT2D eigenvalue weighted by Crippen LogP contribution is -2.46. The number of esters is 2. The highest BCUT2D eigenvalue weighted by Gasteiger charge is 2.48. The molecule has 1 aliphatic heterocycles. The molecule has 7 heteroatoms. The van der Waals surface area contributed by atoms with E-state index in [4.69, 9.17) is 14.6 Å². The molecule has 0 radical (unpaired) electrons. The van der Waals surface area contributed by atoms with Crippen LogP contribution in [0.1, 0.15) is 36.8 Å². The van der Waals surface area contributed by atoms with Crippen molar-refractivity contribution in [1.29, 1.82) is 0 Å². The summed E-state index contributed by atoms with van der Waals surface area (Å²) in [6.07, 6.45) is 0.359. The fourth-order valence-corrected chi connectivity index (χ4v) is 3.68. The Bertz CT molecular complexity index is 851. The van der Waals surface area contributed by atoms with Crippen LogP contribution in [0.15, 0.2) is 60.7 Å². The van der Waals surface area contributed by atoms with Crippen LogP contribution in [0.4, 0.5) is 0 Å². The van der Waals surface area contributed by atoms with Crippen LogP contribution in [0.2, 0.25) is 0 Å². The number of rotatable bonds is 8. The van der Waals surface area contributed by atoms with Crippen LogP contribution in [0.3, 0.4) is 0 Å². The molecule has 1 heterocycles. The number of carboxylic acid groups (broad SMARTS) is 1. The Hall–Kier alpha value is -3.19. The van der Waals surface area contributed by atoms with Crippen LogP contribution >= 0.6 is 0 Å². The average Bonchev–Trinajstić information content (AvgIpc) is 2.78. The molecule has 1 fully saturated rings. The Kier molecular flexibility index (Phi) is 7.41. The lowest BCUT2D eigenvalue weighted by molar-refractivity contribution is -0.184. The van der Waals surface area contributed by atoms with Crippen LogP contribution in [0, 0.1) is 0 Å². The second-order valence-corrected chi connectivity index (χ2v) is 7.69. The first-order valence-corrected chi connectivity index (χ1v) is 10.4. The van der Waals surface area contributed by atoms with Crippen molar-refractivity contribution in [3.8, 4) is 0 Å². The SMILES string of the molecule is CN1CCC(OC(=O)C(OC(=O)CCC(=O)O)(c2ccccc2)c2ccccc2)CC1. The molecule has 2 aromatic carbocycles. The summed E-state index contributed by atoms with van der Waals surface area (Å²) < 4.78 is 11.7. The number of benzene rings is 2. The smallest absolute Gasteiger partial charge is 0.360 e. The molecule has 0 amide bonds. The topological polar surface area (TPSA) is 93.1 Å². The Morgan fingerprint density at radius 3 is 1.94 bits per heavy atom. The predicted molar refractivity (Wildman–Crippen MR) is 113 cm³/mol. The van der Waals surface area contributed by atoms with E-state index >= 15 is 0 Å². The molecule has 0 aromatic heterocycles. The number of hydrogen-bond acceptors (Lipinski definition) is 6. The van der Waals surface area contributed by atoms with Gasteiger partial charge in [-0.1, -0.05) is 60.7 Å². The summed E-state index contributed by atoms with van der Waals surface area (Å²) >= 11 is 0. The number of carbonyl (C=O) groups is 3. The molecular formula is C24H27NO6. The first kappa shape index (κ1) is 22.5. The van der Waals surface area contributed by atoms with Gasteiger partial charge in [-0.3, -0.25) is 9.59 Å². The number of carbonyl (C=O) groups excluding carboxylic acids is 2. The van der Waals surface area contributed by atoms with E-state index in [0.29, 0.717) is 24.0 Å². The average molecular weight is 425 g/mol.